The normalized spacial score (nSPS) is 17.9. The molecule has 3 aromatic carbocycles. The number of phenols is 1. The third-order valence-corrected chi connectivity index (χ3v) is 7.60. The molecule has 0 bridgehead atoms. The third kappa shape index (κ3) is 9.61. The van der Waals surface area contributed by atoms with Crippen molar-refractivity contribution >= 4 is 35.2 Å². The van der Waals surface area contributed by atoms with E-state index in [0.29, 0.717) is 16.5 Å². The number of likely N-dealkylation sites (N-methyl/N-ethyl adjacent to an activating group) is 2. The molecule has 45 heavy (non-hydrogen) atoms. The SMILES string of the molecule is CN1CCOc2ccccc2C(=O)N[C@H](C(=O)N(C)CCOc2ccc(Cl)cc2)CCC(=O)N[C@@H](Cc2ccc(O)cc2)C1=O. The molecule has 0 radical (unpaired) electrons. The van der Waals surface area contributed by atoms with Gasteiger partial charge in [0.15, 0.2) is 0 Å². The van der Waals surface area contributed by atoms with Crippen molar-refractivity contribution < 1.29 is 33.8 Å². The van der Waals surface area contributed by atoms with Crippen LogP contribution < -0.4 is 20.1 Å². The van der Waals surface area contributed by atoms with Crippen LogP contribution >= 0.6 is 11.6 Å². The lowest BCUT2D eigenvalue weighted by molar-refractivity contribution is -0.136. The molecule has 0 unspecified atom stereocenters. The summed E-state index contributed by atoms with van der Waals surface area (Å²) in [6, 6.07) is 17.9. The van der Waals surface area contributed by atoms with Gasteiger partial charge in [-0.25, -0.2) is 0 Å². The van der Waals surface area contributed by atoms with E-state index in [1.807, 2.05) is 0 Å². The topological polar surface area (TPSA) is 138 Å². The molecule has 2 atom stereocenters. The van der Waals surface area contributed by atoms with E-state index >= 15 is 0 Å². The van der Waals surface area contributed by atoms with Crippen LogP contribution in [0.4, 0.5) is 0 Å². The maximum Gasteiger partial charge on any atom is 0.255 e. The molecule has 1 aliphatic rings. The van der Waals surface area contributed by atoms with Gasteiger partial charge in [-0.3, -0.25) is 19.2 Å². The molecule has 0 aromatic heterocycles. The molecular weight excluding hydrogens is 600 g/mol. The number of halogens is 1. The van der Waals surface area contributed by atoms with E-state index in [4.69, 9.17) is 21.1 Å². The number of nitrogens with one attached hydrogen (secondary N) is 2. The molecule has 11 nitrogen and oxygen atoms in total. The molecule has 238 valence electrons. The largest absolute Gasteiger partial charge is 0.508 e. The summed E-state index contributed by atoms with van der Waals surface area (Å²) in [6.07, 6.45) is 0.0408. The number of carbonyl (C=O) groups excluding carboxylic acids is 4. The number of hydrogen-bond acceptors (Lipinski definition) is 7. The zero-order chi connectivity index (χ0) is 32.3. The molecule has 1 aliphatic heterocycles. The first kappa shape index (κ1) is 33.1. The van der Waals surface area contributed by atoms with Gasteiger partial charge in [-0.2, -0.15) is 0 Å². The number of amides is 4. The molecule has 0 saturated carbocycles. The Morgan fingerprint density at radius 2 is 1.76 bits per heavy atom. The summed E-state index contributed by atoms with van der Waals surface area (Å²) in [5, 5.41) is 15.8. The second kappa shape index (κ2) is 15.8. The minimum absolute atomic E-state index is 0.0161. The van der Waals surface area contributed by atoms with Gasteiger partial charge >= 0.3 is 0 Å². The highest BCUT2D eigenvalue weighted by Crippen LogP contribution is 2.20. The van der Waals surface area contributed by atoms with Gasteiger partial charge in [0, 0.05) is 32.0 Å². The van der Waals surface area contributed by atoms with Crippen molar-refractivity contribution in [2.75, 3.05) is 40.4 Å². The molecule has 3 N–H and O–H groups in total. The van der Waals surface area contributed by atoms with Crippen molar-refractivity contribution in [2.45, 2.75) is 31.3 Å². The first-order valence-corrected chi connectivity index (χ1v) is 15.0. The van der Waals surface area contributed by atoms with Crippen LogP contribution in [0.1, 0.15) is 28.8 Å². The summed E-state index contributed by atoms with van der Waals surface area (Å²) in [4.78, 5) is 56.5. The van der Waals surface area contributed by atoms with Gasteiger partial charge in [0.25, 0.3) is 5.91 Å². The van der Waals surface area contributed by atoms with Crippen LogP contribution in [0.3, 0.4) is 0 Å². The van der Waals surface area contributed by atoms with Crippen LogP contribution in [-0.4, -0.2) is 91.0 Å². The van der Waals surface area contributed by atoms with Crippen LogP contribution in [-0.2, 0) is 20.8 Å². The maximum absolute atomic E-state index is 13.6. The van der Waals surface area contributed by atoms with Crippen molar-refractivity contribution in [3.05, 3.63) is 88.9 Å². The van der Waals surface area contributed by atoms with E-state index in [2.05, 4.69) is 10.6 Å². The number of carbonyl (C=O) groups is 4. The van der Waals surface area contributed by atoms with Crippen LogP contribution in [0, 0.1) is 0 Å². The number of nitrogens with zero attached hydrogens (tertiary/aromatic N) is 2. The number of hydrogen-bond donors (Lipinski definition) is 3. The average molecular weight is 637 g/mol. The summed E-state index contributed by atoms with van der Waals surface area (Å²) < 4.78 is 11.6. The number of para-hydroxylation sites is 1. The van der Waals surface area contributed by atoms with E-state index < -0.39 is 29.8 Å². The van der Waals surface area contributed by atoms with Crippen molar-refractivity contribution in [1.82, 2.24) is 20.4 Å². The van der Waals surface area contributed by atoms with Gasteiger partial charge in [-0.1, -0.05) is 35.9 Å². The standard InChI is InChI=1S/C33H37ClN4O7/c1-37(17-19-44-25-13-9-23(34)10-14-25)32(42)27-15-16-30(40)35-28(21-22-7-11-24(39)12-8-22)33(43)38(2)18-20-45-29-6-4-3-5-26(29)31(41)36-27/h3-14,27-28,39H,15-21H2,1-2H3,(H,35,40)(H,36,41)/t27-,28-/m0/s1. The lowest BCUT2D eigenvalue weighted by Crippen LogP contribution is -2.50. The molecular formula is C33H37ClN4O7. The average Bonchev–Trinajstić information content (AvgIpc) is 3.03. The van der Waals surface area contributed by atoms with Crippen LogP contribution in [0.2, 0.25) is 5.02 Å². The zero-order valence-corrected chi connectivity index (χ0v) is 26.0. The van der Waals surface area contributed by atoms with Crippen LogP contribution in [0.5, 0.6) is 17.2 Å². The summed E-state index contributed by atoms with van der Waals surface area (Å²) in [5.41, 5.74) is 0.966. The summed E-state index contributed by atoms with van der Waals surface area (Å²) in [6.45, 7) is 0.692. The Morgan fingerprint density at radius 1 is 1.04 bits per heavy atom. The van der Waals surface area contributed by atoms with Crippen molar-refractivity contribution in [1.29, 1.82) is 0 Å². The summed E-state index contributed by atoms with van der Waals surface area (Å²) in [7, 11) is 3.20. The highest BCUT2D eigenvalue weighted by atomic mass is 35.5. The Labute approximate surface area is 267 Å². The Hall–Kier alpha value is -4.77. The van der Waals surface area contributed by atoms with E-state index in [1.54, 1.807) is 74.8 Å². The first-order chi connectivity index (χ1) is 21.6. The van der Waals surface area contributed by atoms with Crippen LogP contribution in [0.15, 0.2) is 72.8 Å². The van der Waals surface area contributed by atoms with E-state index in [1.165, 1.54) is 21.9 Å². The van der Waals surface area contributed by atoms with Crippen molar-refractivity contribution in [3.8, 4) is 17.2 Å². The smallest absolute Gasteiger partial charge is 0.255 e. The predicted octanol–water partition coefficient (Wildman–Crippen LogP) is 3.04. The Morgan fingerprint density at radius 3 is 2.49 bits per heavy atom. The number of aromatic hydroxyl groups is 1. The molecule has 0 aliphatic carbocycles. The highest BCUT2D eigenvalue weighted by Gasteiger charge is 2.29. The lowest BCUT2D eigenvalue weighted by Gasteiger charge is -2.26. The number of fused-ring (bicyclic) bond motifs is 1. The van der Waals surface area contributed by atoms with Gasteiger partial charge in [0.2, 0.25) is 17.7 Å². The summed E-state index contributed by atoms with van der Waals surface area (Å²) >= 11 is 5.93. The number of ether oxygens (including phenoxy) is 2. The lowest BCUT2D eigenvalue weighted by atomic mass is 10.0. The Balaban J connectivity index is 1.52. The minimum Gasteiger partial charge on any atom is -0.508 e. The molecule has 1 heterocycles. The van der Waals surface area contributed by atoms with Gasteiger partial charge in [-0.15, -0.1) is 0 Å². The first-order valence-electron chi connectivity index (χ1n) is 14.6. The van der Waals surface area contributed by atoms with E-state index in [-0.39, 0.29) is 62.8 Å². The predicted molar refractivity (Wildman–Crippen MR) is 168 cm³/mol. The molecule has 0 fully saturated rings. The Bertz CT molecular complexity index is 1480. The molecule has 4 amide bonds. The van der Waals surface area contributed by atoms with Crippen molar-refractivity contribution in [3.63, 3.8) is 0 Å². The highest BCUT2D eigenvalue weighted by molar-refractivity contribution is 6.30. The zero-order valence-electron chi connectivity index (χ0n) is 25.2. The Kier molecular flexibility index (Phi) is 11.6. The second-order valence-electron chi connectivity index (χ2n) is 10.7. The fourth-order valence-electron chi connectivity index (χ4n) is 4.76. The van der Waals surface area contributed by atoms with Gasteiger partial charge < -0.3 is 35.0 Å². The third-order valence-electron chi connectivity index (χ3n) is 7.35. The number of rotatable bonds is 7. The minimum atomic E-state index is -1.05. The number of benzene rings is 3. The molecule has 12 heteroatoms. The fourth-order valence-corrected chi connectivity index (χ4v) is 4.89. The van der Waals surface area contributed by atoms with Crippen molar-refractivity contribution in [2.24, 2.45) is 0 Å². The molecule has 0 saturated heterocycles. The van der Waals surface area contributed by atoms with Gasteiger partial charge in [0.1, 0.15) is 42.5 Å². The van der Waals surface area contributed by atoms with Crippen LogP contribution in [0.25, 0.3) is 0 Å². The molecule has 3 aromatic rings. The summed E-state index contributed by atoms with van der Waals surface area (Å²) in [5.74, 6) is -0.729. The van der Waals surface area contributed by atoms with Gasteiger partial charge in [-0.05, 0) is 60.5 Å². The monoisotopic (exact) mass is 636 g/mol. The van der Waals surface area contributed by atoms with Gasteiger partial charge in [0.05, 0.1) is 18.7 Å². The maximum atomic E-state index is 13.6. The molecule has 4 rings (SSSR count). The fraction of sp³-hybridized carbons (Fsp3) is 0.333. The second-order valence-corrected chi connectivity index (χ2v) is 11.2. The molecule has 0 spiro atoms. The quantitative estimate of drug-likeness (QED) is 0.363. The number of phenolic OH excluding ortho intramolecular Hbond substituents is 1. The van der Waals surface area contributed by atoms with E-state index in [9.17, 15) is 24.3 Å². The van der Waals surface area contributed by atoms with E-state index in [0.717, 1.165) is 5.56 Å².